The lowest BCUT2D eigenvalue weighted by molar-refractivity contribution is -0.117. The molecular weight excluding hydrogens is 402 g/mol. The van der Waals surface area contributed by atoms with Gasteiger partial charge in [0.05, 0.1) is 4.90 Å². The Kier molecular flexibility index (Phi) is 6.89. The Morgan fingerprint density at radius 1 is 1.27 bits per heavy atom. The molecule has 8 heteroatoms. The van der Waals surface area contributed by atoms with E-state index in [2.05, 4.69) is 21.6 Å². The summed E-state index contributed by atoms with van der Waals surface area (Å²) in [5, 5.41) is 2.86. The lowest BCUT2D eigenvalue weighted by atomic mass is 10.1. The number of amides is 1. The van der Waals surface area contributed by atoms with Crippen molar-refractivity contribution in [1.29, 1.82) is 0 Å². The summed E-state index contributed by atoms with van der Waals surface area (Å²) >= 11 is 0. The van der Waals surface area contributed by atoms with E-state index in [0.29, 0.717) is 30.0 Å². The van der Waals surface area contributed by atoms with Crippen LogP contribution in [0.1, 0.15) is 31.7 Å². The summed E-state index contributed by atoms with van der Waals surface area (Å²) in [6, 6.07) is 12.9. The summed E-state index contributed by atoms with van der Waals surface area (Å²) < 4.78 is 32.6. The number of nitrogens with zero attached hydrogens (tertiary/aromatic N) is 1. The van der Waals surface area contributed by atoms with E-state index in [0.717, 1.165) is 12.8 Å². The van der Waals surface area contributed by atoms with Crippen molar-refractivity contribution in [2.75, 3.05) is 11.9 Å². The Hall–Kier alpha value is -3.13. The number of amidine groups is 1. The molecular formula is C22H25N3O4S. The maximum absolute atomic E-state index is 13.0. The third-order valence-electron chi connectivity index (χ3n) is 4.55. The minimum atomic E-state index is -3.66. The molecule has 1 heterocycles. The Bertz CT molecular complexity index is 1060. The van der Waals surface area contributed by atoms with Crippen LogP contribution in [0.25, 0.3) is 0 Å². The van der Waals surface area contributed by atoms with Crippen LogP contribution in [0.3, 0.4) is 0 Å². The number of fused-ring (bicyclic) bond motifs is 1. The SMILES string of the molecule is C=CCOc1cccc(NC(=O)C(CCCC)N=C2NS(=O)(=O)c3ccccc32)c1. The van der Waals surface area contributed by atoms with Gasteiger partial charge in [0.2, 0.25) is 5.91 Å². The zero-order chi connectivity index (χ0) is 21.6. The lowest BCUT2D eigenvalue weighted by Crippen LogP contribution is -2.30. The number of carbonyl (C=O) groups is 1. The largest absolute Gasteiger partial charge is 0.489 e. The van der Waals surface area contributed by atoms with Gasteiger partial charge in [0.25, 0.3) is 10.0 Å². The molecule has 7 nitrogen and oxygen atoms in total. The number of rotatable bonds is 9. The van der Waals surface area contributed by atoms with Crippen LogP contribution in [-0.2, 0) is 14.8 Å². The van der Waals surface area contributed by atoms with E-state index in [9.17, 15) is 13.2 Å². The van der Waals surface area contributed by atoms with Gasteiger partial charge in [0.15, 0.2) is 0 Å². The van der Waals surface area contributed by atoms with Gasteiger partial charge in [-0.05, 0) is 30.7 Å². The van der Waals surface area contributed by atoms with Crippen molar-refractivity contribution in [2.24, 2.45) is 4.99 Å². The number of carbonyl (C=O) groups excluding carboxylic acids is 1. The molecule has 3 rings (SSSR count). The number of nitrogens with one attached hydrogen (secondary N) is 2. The van der Waals surface area contributed by atoms with Gasteiger partial charge >= 0.3 is 0 Å². The van der Waals surface area contributed by atoms with E-state index >= 15 is 0 Å². The van der Waals surface area contributed by atoms with Crippen molar-refractivity contribution in [2.45, 2.75) is 37.1 Å². The Morgan fingerprint density at radius 3 is 2.83 bits per heavy atom. The Balaban J connectivity index is 1.84. The minimum absolute atomic E-state index is 0.172. The highest BCUT2D eigenvalue weighted by Gasteiger charge is 2.31. The van der Waals surface area contributed by atoms with Crippen LogP contribution in [0.2, 0.25) is 0 Å². The van der Waals surface area contributed by atoms with Gasteiger partial charge in [-0.2, -0.15) is 0 Å². The zero-order valence-electron chi connectivity index (χ0n) is 16.8. The molecule has 1 aliphatic heterocycles. The van der Waals surface area contributed by atoms with Crippen LogP contribution < -0.4 is 14.8 Å². The van der Waals surface area contributed by atoms with Crippen LogP contribution in [0.5, 0.6) is 5.75 Å². The summed E-state index contributed by atoms with van der Waals surface area (Å²) in [5.74, 6) is 0.506. The molecule has 30 heavy (non-hydrogen) atoms. The first-order valence-corrected chi connectivity index (χ1v) is 11.3. The van der Waals surface area contributed by atoms with Gasteiger partial charge < -0.3 is 10.1 Å². The van der Waals surface area contributed by atoms with Crippen LogP contribution in [0, 0.1) is 0 Å². The third kappa shape index (κ3) is 5.07. The van der Waals surface area contributed by atoms with E-state index in [-0.39, 0.29) is 16.6 Å². The maximum atomic E-state index is 13.0. The molecule has 0 aliphatic carbocycles. The first-order valence-electron chi connectivity index (χ1n) is 9.79. The monoisotopic (exact) mass is 427 g/mol. The average Bonchev–Trinajstić information content (AvgIpc) is 3.00. The molecule has 2 aromatic rings. The smallest absolute Gasteiger partial charge is 0.263 e. The van der Waals surface area contributed by atoms with Crippen LogP contribution in [-0.4, -0.2) is 32.8 Å². The summed E-state index contributed by atoms with van der Waals surface area (Å²) in [6.07, 6.45) is 3.82. The minimum Gasteiger partial charge on any atom is -0.489 e. The fourth-order valence-electron chi connectivity index (χ4n) is 3.08. The molecule has 2 N–H and O–H groups in total. The highest BCUT2D eigenvalue weighted by molar-refractivity contribution is 7.90. The number of benzene rings is 2. The quantitative estimate of drug-likeness (QED) is 0.599. The second-order valence-corrected chi connectivity index (χ2v) is 8.50. The lowest BCUT2D eigenvalue weighted by Gasteiger charge is -2.14. The van der Waals surface area contributed by atoms with Crippen molar-refractivity contribution in [1.82, 2.24) is 4.72 Å². The van der Waals surface area contributed by atoms with Crippen LogP contribution in [0.4, 0.5) is 5.69 Å². The molecule has 0 spiro atoms. The molecule has 1 atom stereocenters. The standard InChI is InChI=1S/C22H25N3O4S/c1-3-5-12-19(22(26)23-16-9-8-10-17(15-16)29-14-4-2)24-21-18-11-6-7-13-20(18)30(27,28)25-21/h4,6-11,13,15,19H,2-3,5,12,14H2,1H3,(H,23,26)(H,24,25). The number of hydrogen-bond donors (Lipinski definition) is 2. The molecule has 0 bridgehead atoms. The first-order chi connectivity index (χ1) is 14.4. The molecule has 1 aliphatic rings. The Morgan fingerprint density at radius 2 is 2.07 bits per heavy atom. The van der Waals surface area contributed by atoms with Gasteiger partial charge in [-0.15, -0.1) is 0 Å². The fraction of sp³-hybridized carbons (Fsp3) is 0.273. The predicted octanol–water partition coefficient (Wildman–Crippen LogP) is 3.49. The molecule has 1 amide bonds. The normalized spacial score (nSPS) is 16.4. The highest BCUT2D eigenvalue weighted by atomic mass is 32.2. The molecule has 0 aromatic heterocycles. The van der Waals surface area contributed by atoms with Gasteiger partial charge in [-0.25, -0.2) is 8.42 Å². The third-order valence-corrected chi connectivity index (χ3v) is 5.95. The van der Waals surface area contributed by atoms with Crippen molar-refractivity contribution in [3.63, 3.8) is 0 Å². The molecule has 0 saturated heterocycles. The van der Waals surface area contributed by atoms with Crippen LogP contribution >= 0.6 is 0 Å². The number of anilines is 1. The average molecular weight is 428 g/mol. The summed E-state index contributed by atoms with van der Waals surface area (Å²) in [6.45, 7) is 6.00. The molecule has 0 fully saturated rings. The summed E-state index contributed by atoms with van der Waals surface area (Å²) in [4.78, 5) is 17.6. The second-order valence-electron chi connectivity index (χ2n) is 6.85. The van der Waals surface area contributed by atoms with E-state index in [1.54, 1.807) is 48.5 Å². The van der Waals surface area contributed by atoms with Crippen molar-refractivity contribution >= 4 is 27.5 Å². The first kappa shape index (κ1) is 21.6. The van der Waals surface area contributed by atoms with Crippen LogP contribution in [0.15, 0.2) is 71.1 Å². The predicted molar refractivity (Wildman–Crippen MR) is 117 cm³/mol. The summed E-state index contributed by atoms with van der Waals surface area (Å²) in [5.41, 5.74) is 1.06. The maximum Gasteiger partial charge on any atom is 0.263 e. The number of sulfonamides is 1. The molecule has 158 valence electrons. The molecule has 0 radical (unpaired) electrons. The van der Waals surface area contributed by atoms with E-state index in [1.807, 2.05) is 6.92 Å². The van der Waals surface area contributed by atoms with E-state index < -0.39 is 16.1 Å². The highest BCUT2D eigenvalue weighted by Crippen LogP contribution is 2.24. The zero-order valence-corrected chi connectivity index (χ0v) is 17.6. The van der Waals surface area contributed by atoms with Crippen molar-refractivity contribution in [3.05, 3.63) is 66.7 Å². The van der Waals surface area contributed by atoms with Gasteiger partial charge in [0, 0.05) is 17.3 Å². The van der Waals surface area contributed by atoms with Crippen molar-refractivity contribution < 1.29 is 17.9 Å². The van der Waals surface area contributed by atoms with Gasteiger partial charge in [-0.3, -0.25) is 14.5 Å². The topological polar surface area (TPSA) is 96.9 Å². The van der Waals surface area contributed by atoms with E-state index in [4.69, 9.17) is 4.74 Å². The number of unbranched alkanes of at least 4 members (excludes halogenated alkanes) is 1. The second kappa shape index (κ2) is 9.58. The Labute approximate surface area is 176 Å². The van der Waals surface area contributed by atoms with Crippen molar-refractivity contribution in [3.8, 4) is 5.75 Å². The summed E-state index contributed by atoms with van der Waals surface area (Å²) in [7, 11) is -3.66. The molecule has 0 saturated carbocycles. The molecule has 2 aromatic carbocycles. The van der Waals surface area contributed by atoms with E-state index in [1.165, 1.54) is 6.07 Å². The molecule has 1 unspecified atom stereocenters. The van der Waals surface area contributed by atoms with Gasteiger partial charge in [-0.1, -0.05) is 50.6 Å². The number of hydrogen-bond acceptors (Lipinski definition) is 5. The number of aliphatic imine (C=N–C) groups is 1. The number of ether oxygens (including phenoxy) is 1. The van der Waals surface area contributed by atoms with Gasteiger partial charge in [0.1, 0.15) is 24.2 Å². The fourth-order valence-corrected chi connectivity index (χ4v) is 4.32.